The Bertz CT molecular complexity index is 4860. The minimum atomic E-state index is -0.651. The van der Waals surface area contributed by atoms with Crippen LogP contribution >= 0.6 is 0 Å². The third-order valence-electron chi connectivity index (χ3n) is 16.1. The number of rotatable bonds is 9. The molecule has 0 amide bonds. The van der Waals surface area contributed by atoms with Crippen molar-refractivity contribution in [3.05, 3.63) is 326 Å². The van der Waals surface area contributed by atoms with Crippen LogP contribution < -0.4 is 108 Å². The minimum Gasteiger partial charge on any atom is -1.00 e. The number of fused-ring (bicyclic) bond motifs is 9. The van der Waals surface area contributed by atoms with E-state index in [9.17, 15) is 8.78 Å². The van der Waals surface area contributed by atoms with Crippen LogP contribution in [0.15, 0.2) is 303 Å². The van der Waals surface area contributed by atoms with Crippen molar-refractivity contribution >= 4 is 50.1 Å². The molecule has 4 heterocycles. The van der Waals surface area contributed by atoms with E-state index in [0.29, 0.717) is 17.3 Å². The molecule has 93 heavy (non-hydrogen) atoms. The number of halogens is 2. The molecule has 0 saturated carbocycles. The molecule has 0 N–H and O–H groups in total. The molecule has 11 nitrogen and oxygen atoms in total. The van der Waals surface area contributed by atoms with Crippen molar-refractivity contribution in [2.45, 2.75) is 6.42 Å². The monoisotopic (exact) mass is 1270 g/mol. The summed E-state index contributed by atoms with van der Waals surface area (Å²) in [4.78, 5) is 11.2. The van der Waals surface area contributed by atoms with Crippen LogP contribution in [0.3, 0.4) is 0 Å². The average molecular weight is 1270 g/mol. The maximum atomic E-state index is 13.8. The van der Waals surface area contributed by atoms with E-state index in [-0.39, 0.29) is 111 Å². The van der Waals surface area contributed by atoms with Gasteiger partial charge in [0.1, 0.15) is 11.6 Å². The molecule has 16 aromatic rings. The van der Waals surface area contributed by atoms with Crippen molar-refractivity contribution in [2.24, 2.45) is 0 Å². The molecule has 0 bridgehead atoms. The summed E-state index contributed by atoms with van der Waals surface area (Å²) >= 11 is 0. The second kappa shape index (κ2) is 29.4. The number of hydrogen-bond donors (Lipinski definition) is 0. The molecule has 0 spiro atoms. The van der Waals surface area contributed by atoms with E-state index in [2.05, 4.69) is 241 Å². The van der Waals surface area contributed by atoms with Crippen LogP contribution in [-0.2, 0) is 16.1 Å². The second-order valence-corrected chi connectivity index (χ2v) is 21.6. The van der Waals surface area contributed by atoms with Gasteiger partial charge in [0.2, 0.25) is 0 Å². The average Bonchev–Trinajstić information content (AvgIpc) is 1.57. The first-order chi connectivity index (χ1) is 44.9. The maximum absolute atomic E-state index is 13.8. The maximum Gasteiger partial charge on any atom is 1.00 e. The SMILES string of the molecule is Fc1cc(F)cc(-n2c(-c3ccccc3)nnc2-c2ccccc2)c1.O=CO[O-].[H-].[K+].[K+].c1ccc(-c2nnc(-c3ccccc3)n2-c2cc(-n3c4ccccc4c4ccccc43)cc(-n3c4ccccc4c4ccccc43)c2)cc1.c1ccc2c(c1)Cc1ccccc1-2. The predicted octanol–water partition coefficient (Wildman–Crippen LogP) is 11.5. The van der Waals surface area contributed by atoms with Crippen LogP contribution in [0.4, 0.5) is 8.78 Å². The van der Waals surface area contributed by atoms with Crippen molar-refractivity contribution in [1.82, 2.24) is 38.7 Å². The largest absolute Gasteiger partial charge is 1.00 e. The first-order valence-electron chi connectivity index (χ1n) is 29.5. The Morgan fingerprint density at radius 2 is 0.581 bits per heavy atom. The van der Waals surface area contributed by atoms with Gasteiger partial charge in [-0.2, -0.15) is 0 Å². The van der Waals surface area contributed by atoms with E-state index in [0.717, 1.165) is 85.5 Å². The first kappa shape index (κ1) is 64.2. The van der Waals surface area contributed by atoms with Gasteiger partial charge in [0.05, 0.1) is 44.8 Å². The van der Waals surface area contributed by atoms with Crippen LogP contribution in [0.2, 0.25) is 0 Å². The molecular weight excluding hydrogens is 1210 g/mol. The van der Waals surface area contributed by atoms with Crippen molar-refractivity contribution in [3.63, 3.8) is 0 Å². The molecule has 440 valence electrons. The summed E-state index contributed by atoms with van der Waals surface area (Å²) in [6.07, 6.45) is 1.10. The fourth-order valence-electron chi connectivity index (χ4n) is 12.3. The quantitative estimate of drug-likeness (QED) is 0.0611. The Hall–Kier alpha value is -8.92. The van der Waals surface area contributed by atoms with E-state index in [1.807, 2.05) is 72.8 Å². The molecule has 12 aromatic carbocycles. The third-order valence-corrected chi connectivity index (χ3v) is 16.1. The summed E-state index contributed by atoms with van der Waals surface area (Å²) in [5, 5.41) is 31.5. The fourth-order valence-corrected chi connectivity index (χ4v) is 12.3. The van der Waals surface area contributed by atoms with Crippen molar-refractivity contribution in [1.29, 1.82) is 0 Å². The van der Waals surface area contributed by atoms with Gasteiger partial charge >= 0.3 is 103 Å². The van der Waals surface area contributed by atoms with E-state index >= 15 is 0 Å². The summed E-state index contributed by atoms with van der Waals surface area (Å²) < 4.78 is 36.2. The Labute approximate surface area is 621 Å². The molecule has 0 radical (unpaired) electrons. The molecule has 0 atom stereocenters. The standard InChI is InChI=1S/C44H29N5.C20H13F2N3.C13H10.CH2O3.2K.H/c1-3-15-30(16-4-1)43-45-46-44(31-17-5-2-6-18-31)49(43)34-28-32(47-39-23-11-7-19-35(39)36-20-8-12-24-40(36)47)27-33(29-34)48-41-25-13-9-21-37(41)38-22-10-14-26-42(38)48;21-16-11-17(22)13-18(12-16)25-19(14-7-3-1-4-8-14)23-24-20(25)15-9-5-2-6-10-15;1-3-7-12-10(5-1)9-11-6-2-4-8-13(11)12;2-1-4-3;;;/h1-29H;1-13H;1-8H,9H2;1,3H;;;/q;;;;2*+1;-1/p-1. The Balaban J connectivity index is 0.000000166. The molecule has 15 heteroatoms. The Kier molecular flexibility index (Phi) is 20.3. The van der Waals surface area contributed by atoms with E-state index in [1.54, 1.807) is 4.57 Å². The van der Waals surface area contributed by atoms with Crippen molar-refractivity contribution < 1.29 is 128 Å². The van der Waals surface area contributed by atoms with Crippen LogP contribution in [-0.4, -0.2) is 45.1 Å². The number of aromatic nitrogens is 8. The van der Waals surface area contributed by atoms with Gasteiger partial charge < -0.3 is 20.7 Å². The molecular formula is C78H54F2K2N8O3. The van der Waals surface area contributed by atoms with E-state index in [4.69, 9.17) is 20.2 Å². The summed E-state index contributed by atoms with van der Waals surface area (Å²) in [5.41, 5.74) is 17.4. The van der Waals surface area contributed by atoms with Crippen LogP contribution in [0.5, 0.6) is 0 Å². The van der Waals surface area contributed by atoms with Gasteiger partial charge in [-0.05, 0) is 83.3 Å². The minimum absolute atomic E-state index is 0. The normalized spacial score (nSPS) is 11.0. The Morgan fingerprint density at radius 3 is 0.882 bits per heavy atom. The van der Waals surface area contributed by atoms with Gasteiger partial charge in [0.25, 0.3) is 6.47 Å². The molecule has 4 aromatic heterocycles. The summed E-state index contributed by atoms with van der Waals surface area (Å²) in [7, 11) is 0. The van der Waals surface area contributed by atoms with Crippen LogP contribution in [0, 0.1) is 11.6 Å². The molecule has 1 aliphatic carbocycles. The van der Waals surface area contributed by atoms with Crippen molar-refractivity contribution in [3.8, 4) is 79.4 Å². The van der Waals surface area contributed by atoms with Gasteiger partial charge in [-0.3, -0.25) is 13.9 Å². The molecule has 0 unspecified atom stereocenters. The van der Waals surface area contributed by atoms with Gasteiger partial charge in [-0.1, -0.05) is 243 Å². The van der Waals surface area contributed by atoms with Gasteiger partial charge in [-0.25, -0.2) is 8.78 Å². The second-order valence-electron chi connectivity index (χ2n) is 21.6. The summed E-state index contributed by atoms with van der Waals surface area (Å²) in [6, 6.07) is 102. The molecule has 17 rings (SSSR count). The molecule has 0 aliphatic heterocycles. The number of nitrogens with zero attached hydrogens (tertiary/aromatic N) is 8. The number of carbonyl (C=O) groups excluding carboxylic acids is 1. The number of benzene rings is 12. The zero-order valence-corrected chi connectivity index (χ0v) is 57.0. The smallest absolute Gasteiger partial charge is 1.00 e. The topological polar surface area (TPSA) is 121 Å². The molecule has 0 fully saturated rings. The van der Waals surface area contributed by atoms with Crippen molar-refractivity contribution in [2.75, 3.05) is 0 Å². The van der Waals surface area contributed by atoms with E-state index < -0.39 is 11.6 Å². The zero-order valence-electron chi connectivity index (χ0n) is 51.7. The number of para-hydroxylation sites is 4. The Morgan fingerprint density at radius 1 is 0.333 bits per heavy atom. The van der Waals surface area contributed by atoms with E-state index in [1.165, 1.54) is 55.9 Å². The number of hydrogen-bond acceptors (Lipinski definition) is 7. The van der Waals surface area contributed by atoms with Gasteiger partial charge in [-0.15, -0.1) is 20.4 Å². The number of carbonyl (C=O) groups is 1. The van der Waals surface area contributed by atoms with Gasteiger partial charge in [0, 0.05) is 49.9 Å². The molecule has 0 saturated heterocycles. The first-order valence-corrected chi connectivity index (χ1v) is 29.5. The zero-order chi connectivity index (χ0) is 61.6. The van der Waals surface area contributed by atoms with Gasteiger partial charge in [0.15, 0.2) is 23.3 Å². The summed E-state index contributed by atoms with van der Waals surface area (Å²) in [5.74, 6) is 1.30. The van der Waals surface area contributed by atoms with Crippen LogP contribution in [0.1, 0.15) is 12.6 Å². The third kappa shape index (κ3) is 13.1. The summed E-state index contributed by atoms with van der Waals surface area (Å²) in [6.45, 7) is -0.181. The fraction of sp³-hybridized carbons (Fsp3) is 0.0128. The molecule has 1 aliphatic rings. The van der Waals surface area contributed by atoms with Crippen LogP contribution in [0.25, 0.3) is 123 Å². The predicted molar refractivity (Wildman–Crippen MR) is 356 cm³/mol.